The SMILES string of the molecule is CCOc1cc(/C=C2\C(=O)NC(=O)N(c3ccc4c(c3)OCO4)C2=O)cc(Cl)c1OCc1cccc(C(=O)O)c1. The molecule has 1 saturated heterocycles. The number of nitrogens with zero attached hydrogens (tertiary/aromatic N) is 1. The molecule has 0 saturated carbocycles. The number of carboxylic acids is 1. The van der Waals surface area contributed by atoms with Crippen molar-refractivity contribution in [3.05, 3.63) is 81.9 Å². The predicted molar refractivity (Wildman–Crippen MR) is 142 cm³/mol. The van der Waals surface area contributed by atoms with Crippen LogP contribution in [0.4, 0.5) is 10.5 Å². The van der Waals surface area contributed by atoms with Crippen molar-refractivity contribution >= 4 is 47.2 Å². The van der Waals surface area contributed by atoms with Crippen LogP contribution in [0.3, 0.4) is 0 Å². The lowest BCUT2D eigenvalue weighted by atomic mass is 10.1. The average molecular weight is 565 g/mol. The molecule has 2 aliphatic heterocycles. The van der Waals surface area contributed by atoms with E-state index < -0.39 is 23.8 Å². The number of carboxylic acid groups (broad SMARTS) is 1. The first-order valence-electron chi connectivity index (χ1n) is 12.0. The first-order chi connectivity index (χ1) is 19.2. The molecule has 0 atom stereocenters. The molecule has 0 radical (unpaired) electrons. The summed E-state index contributed by atoms with van der Waals surface area (Å²) in [7, 11) is 0. The van der Waals surface area contributed by atoms with Crippen molar-refractivity contribution in [3.63, 3.8) is 0 Å². The average Bonchev–Trinajstić information content (AvgIpc) is 3.39. The summed E-state index contributed by atoms with van der Waals surface area (Å²) in [6.07, 6.45) is 1.29. The fourth-order valence-corrected chi connectivity index (χ4v) is 4.38. The molecule has 204 valence electrons. The van der Waals surface area contributed by atoms with Gasteiger partial charge in [-0.1, -0.05) is 23.7 Å². The molecular formula is C28H21ClN2O9. The van der Waals surface area contributed by atoms with E-state index in [2.05, 4.69) is 5.32 Å². The van der Waals surface area contributed by atoms with Gasteiger partial charge in [0.1, 0.15) is 12.2 Å². The van der Waals surface area contributed by atoms with Crippen LogP contribution >= 0.6 is 11.6 Å². The fraction of sp³-hybridized carbons (Fsp3) is 0.143. The minimum Gasteiger partial charge on any atom is -0.490 e. The number of carbonyl (C=O) groups excluding carboxylic acids is 3. The predicted octanol–water partition coefficient (Wildman–Crippen LogP) is 4.41. The number of hydrogen-bond donors (Lipinski definition) is 2. The number of halogens is 1. The molecule has 0 aromatic heterocycles. The highest BCUT2D eigenvalue weighted by Gasteiger charge is 2.37. The third-order valence-corrected chi connectivity index (χ3v) is 6.20. The number of aromatic carboxylic acids is 1. The van der Waals surface area contributed by atoms with Gasteiger partial charge in [-0.05, 0) is 60.5 Å². The Labute approximate surface area is 232 Å². The summed E-state index contributed by atoms with van der Waals surface area (Å²) >= 11 is 6.51. The number of rotatable bonds is 8. The van der Waals surface area contributed by atoms with Crippen LogP contribution in [-0.2, 0) is 16.2 Å². The number of benzene rings is 3. The van der Waals surface area contributed by atoms with Gasteiger partial charge in [0.05, 0.1) is 22.9 Å². The van der Waals surface area contributed by atoms with Crippen molar-refractivity contribution in [2.75, 3.05) is 18.3 Å². The first kappa shape index (κ1) is 26.6. The molecule has 0 bridgehead atoms. The number of imide groups is 2. The summed E-state index contributed by atoms with van der Waals surface area (Å²) < 4.78 is 22.2. The molecule has 2 N–H and O–H groups in total. The van der Waals surface area contributed by atoms with Gasteiger partial charge in [0, 0.05) is 6.07 Å². The van der Waals surface area contributed by atoms with Crippen molar-refractivity contribution in [2.24, 2.45) is 0 Å². The lowest BCUT2D eigenvalue weighted by Gasteiger charge is -2.26. The van der Waals surface area contributed by atoms with E-state index in [-0.39, 0.29) is 53.4 Å². The monoisotopic (exact) mass is 564 g/mol. The van der Waals surface area contributed by atoms with Gasteiger partial charge < -0.3 is 24.1 Å². The van der Waals surface area contributed by atoms with Crippen LogP contribution in [0, 0.1) is 0 Å². The lowest BCUT2D eigenvalue weighted by Crippen LogP contribution is -2.54. The normalized spacial score (nSPS) is 15.3. The van der Waals surface area contributed by atoms with Crippen molar-refractivity contribution in [1.29, 1.82) is 0 Å². The molecule has 3 aromatic rings. The maximum Gasteiger partial charge on any atom is 0.335 e. The number of urea groups is 1. The second-order valence-corrected chi connectivity index (χ2v) is 8.96. The van der Waals surface area contributed by atoms with Crippen LogP contribution in [-0.4, -0.2) is 42.3 Å². The van der Waals surface area contributed by atoms with Crippen LogP contribution in [0.25, 0.3) is 6.08 Å². The minimum absolute atomic E-state index is 0.00878. The summed E-state index contributed by atoms with van der Waals surface area (Å²) in [4.78, 5) is 50.6. The van der Waals surface area contributed by atoms with E-state index in [9.17, 15) is 24.3 Å². The fourth-order valence-electron chi connectivity index (χ4n) is 4.11. The van der Waals surface area contributed by atoms with E-state index in [1.54, 1.807) is 25.1 Å². The van der Waals surface area contributed by atoms with E-state index in [1.165, 1.54) is 42.5 Å². The quantitative estimate of drug-likeness (QED) is 0.300. The van der Waals surface area contributed by atoms with E-state index in [0.717, 1.165) is 4.90 Å². The number of anilines is 1. The van der Waals surface area contributed by atoms with Crippen LogP contribution in [0.15, 0.2) is 60.2 Å². The molecule has 2 aliphatic rings. The van der Waals surface area contributed by atoms with Crippen molar-refractivity contribution in [1.82, 2.24) is 5.32 Å². The smallest absolute Gasteiger partial charge is 0.335 e. The number of ether oxygens (including phenoxy) is 4. The molecule has 2 heterocycles. The Balaban J connectivity index is 1.44. The summed E-state index contributed by atoms with van der Waals surface area (Å²) in [5.74, 6) is -1.52. The zero-order valence-corrected chi connectivity index (χ0v) is 21.7. The highest BCUT2D eigenvalue weighted by atomic mass is 35.5. The second kappa shape index (κ2) is 11.0. The Hall–Kier alpha value is -5.03. The maximum absolute atomic E-state index is 13.3. The van der Waals surface area contributed by atoms with Gasteiger partial charge in [-0.25, -0.2) is 14.5 Å². The third-order valence-electron chi connectivity index (χ3n) is 5.92. The van der Waals surface area contributed by atoms with Crippen molar-refractivity contribution in [3.8, 4) is 23.0 Å². The van der Waals surface area contributed by atoms with Crippen LogP contribution in [0.2, 0.25) is 5.02 Å². The van der Waals surface area contributed by atoms with E-state index in [0.29, 0.717) is 22.6 Å². The highest BCUT2D eigenvalue weighted by molar-refractivity contribution is 6.39. The van der Waals surface area contributed by atoms with Gasteiger partial charge in [-0.15, -0.1) is 0 Å². The number of amides is 4. The maximum atomic E-state index is 13.3. The first-order valence-corrected chi connectivity index (χ1v) is 12.4. The van der Waals surface area contributed by atoms with Gasteiger partial charge in [-0.3, -0.25) is 14.9 Å². The van der Waals surface area contributed by atoms with E-state index >= 15 is 0 Å². The van der Waals surface area contributed by atoms with Crippen LogP contribution in [0.5, 0.6) is 23.0 Å². The number of carbonyl (C=O) groups is 4. The zero-order valence-electron chi connectivity index (χ0n) is 20.9. The van der Waals surface area contributed by atoms with Gasteiger partial charge in [0.2, 0.25) is 6.79 Å². The Morgan fingerprint density at radius 1 is 1.07 bits per heavy atom. The summed E-state index contributed by atoms with van der Waals surface area (Å²) in [6, 6.07) is 12.9. The number of barbiturate groups is 1. The van der Waals surface area contributed by atoms with Crippen molar-refractivity contribution in [2.45, 2.75) is 13.5 Å². The zero-order chi connectivity index (χ0) is 28.4. The van der Waals surface area contributed by atoms with Gasteiger partial charge >= 0.3 is 12.0 Å². The summed E-state index contributed by atoms with van der Waals surface area (Å²) in [5, 5.41) is 11.5. The number of nitrogens with one attached hydrogen (secondary N) is 1. The van der Waals surface area contributed by atoms with Gasteiger partial charge in [0.25, 0.3) is 11.8 Å². The Kier molecular flexibility index (Phi) is 7.30. The van der Waals surface area contributed by atoms with Gasteiger partial charge in [0.15, 0.2) is 23.0 Å². The Morgan fingerprint density at radius 2 is 1.88 bits per heavy atom. The molecular weight excluding hydrogens is 544 g/mol. The molecule has 4 amide bonds. The Bertz CT molecular complexity index is 1580. The molecule has 12 heteroatoms. The third kappa shape index (κ3) is 5.27. The molecule has 40 heavy (non-hydrogen) atoms. The molecule has 0 spiro atoms. The van der Waals surface area contributed by atoms with Crippen molar-refractivity contribution < 1.29 is 43.2 Å². The van der Waals surface area contributed by atoms with E-state index in [1.807, 2.05) is 0 Å². The molecule has 3 aromatic carbocycles. The molecule has 5 rings (SSSR count). The molecule has 0 aliphatic carbocycles. The van der Waals surface area contributed by atoms with Crippen LogP contribution < -0.4 is 29.2 Å². The summed E-state index contributed by atoms with van der Waals surface area (Å²) in [5.41, 5.74) is 0.932. The topological polar surface area (TPSA) is 141 Å². The van der Waals surface area contributed by atoms with E-state index in [4.69, 9.17) is 30.5 Å². The van der Waals surface area contributed by atoms with Gasteiger partial charge in [-0.2, -0.15) is 0 Å². The Morgan fingerprint density at radius 3 is 2.65 bits per heavy atom. The minimum atomic E-state index is -1.06. The lowest BCUT2D eigenvalue weighted by molar-refractivity contribution is -0.122. The highest BCUT2D eigenvalue weighted by Crippen LogP contribution is 2.39. The number of hydrogen-bond acceptors (Lipinski definition) is 8. The molecule has 1 fully saturated rings. The van der Waals surface area contributed by atoms with Crippen LogP contribution in [0.1, 0.15) is 28.4 Å². The summed E-state index contributed by atoms with van der Waals surface area (Å²) in [6.45, 7) is 2.04. The second-order valence-electron chi connectivity index (χ2n) is 8.55. The molecule has 11 nitrogen and oxygen atoms in total. The largest absolute Gasteiger partial charge is 0.490 e. The number of fused-ring (bicyclic) bond motifs is 1. The molecule has 0 unspecified atom stereocenters. The standard InChI is InChI=1S/C28H21ClN2O9/c1-2-37-23-11-16(10-20(29)24(23)38-13-15-4-3-5-17(8-15)27(34)35)9-19-25(32)30-28(36)31(26(19)33)18-6-7-21-22(12-18)40-14-39-21/h3-12H,2,13-14H2,1H3,(H,34,35)(H,30,32,36)/b19-9+.